The van der Waals surface area contributed by atoms with Gasteiger partial charge >= 0.3 is 0 Å². The van der Waals surface area contributed by atoms with Crippen LogP contribution >= 0.6 is 0 Å². The van der Waals surface area contributed by atoms with Gasteiger partial charge in [0.05, 0.1) is 11.9 Å². The summed E-state index contributed by atoms with van der Waals surface area (Å²) in [5, 5.41) is 10.4. The predicted octanol–water partition coefficient (Wildman–Crippen LogP) is 2.95. The van der Waals surface area contributed by atoms with E-state index in [2.05, 4.69) is 29.3 Å². The summed E-state index contributed by atoms with van der Waals surface area (Å²) < 4.78 is 0. The third-order valence-electron chi connectivity index (χ3n) is 2.58. The van der Waals surface area contributed by atoms with Gasteiger partial charge in [0.25, 0.3) is 0 Å². The molecule has 0 aliphatic heterocycles. The van der Waals surface area contributed by atoms with E-state index >= 15 is 0 Å². The fourth-order valence-electron chi connectivity index (χ4n) is 1.72. The minimum Gasteiger partial charge on any atom is -0.262 e. The van der Waals surface area contributed by atoms with Crippen molar-refractivity contribution in [3.8, 4) is 0 Å². The quantitative estimate of drug-likeness (QED) is 0.680. The number of hydrogen-bond donors (Lipinski definition) is 1. The third kappa shape index (κ3) is 4.40. The minimum atomic E-state index is 0.745. The summed E-state index contributed by atoms with van der Waals surface area (Å²) in [6.45, 7) is 4.55. The minimum absolute atomic E-state index is 0.745. The Hall–Kier alpha value is -0.860. The molecule has 3 nitrogen and oxygen atoms in total. The molecule has 14 heavy (non-hydrogen) atoms. The number of hydrogen-bond acceptors (Lipinski definition) is 2. The maximum absolute atomic E-state index is 3.78. The van der Waals surface area contributed by atoms with Gasteiger partial charge in [-0.15, -0.1) is 5.10 Å². The van der Waals surface area contributed by atoms with Gasteiger partial charge in [0.15, 0.2) is 0 Å². The van der Waals surface area contributed by atoms with Crippen molar-refractivity contribution in [3.63, 3.8) is 0 Å². The second-order valence-electron chi connectivity index (χ2n) is 4.14. The number of nitrogens with zero attached hydrogens (tertiary/aromatic N) is 2. The number of aromatic amines is 1. The fourth-order valence-corrected chi connectivity index (χ4v) is 1.72. The number of nitrogens with one attached hydrogen (secondary N) is 1. The number of unbranched alkanes of at least 4 members (excludes halogenated alkanes) is 3. The molecule has 0 fully saturated rings. The lowest BCUT2D eigenvalue weighted by atomic mass is 9.98. The van der Waals surface area contributed by atoms with E-state index in [0.29, 0.717) is 0 Å². The Balaban J connectivity index is 2.07. The molecule has 1 atom stereocenters. The molecular formula is C11H21N3. The fraction of sp³-hybridized carbons (Fsp3) is 0.818. The highest BCUT2D eigenvalue weighted by atomic mass is 15.3. The summed E-state index contributed by atoms with van der Waals surface area (Å²) in [7, 11) is 0. The monoisotopic (exact) mass is 195 g/mol. The van der Waals surface area contributed by atoms with E-state index < -0.39 is 0 Å². The molecule has 0 saturated carbocycles. The standard InChI is InChI=1S/C11H21N3/c1-3-4-5-6-7-10(2)8-11-9-12-14-13-11/h9-10H,3-8H2,1-2H3,(H,12,13,14). The van der Waals surface area contributed by atoms with Crippen LogP contribution in [-0.4, -0.2) is 15.4 Å². The van der Waals surface area contributed by atoms with Crippen molar-refractivity contribution < 1.29 is 0 Å². The van der Waals surface area contributed by atoms with E-state index in [1.165, 1.54) is 32.1 Å². The van der Waals surface area contributed by atoms with Gasteiger partial charge in [-0.25, -0.2) is 0 Å². The Bertz CT molecular complexity index is 218. The van der Waals surface area contributed by atoms with E-state index in [0.717, 1.165) is 18.0 Å². The third-order valence-corrected chi connectivity index (χ3v) is 2.58. The summed E-state index contributed by atoms with van der Waals surface area (Å²) in [6, 6.07) is 0. The van der Waals surface area contributed by atoms with E-state index in [1.54, 1.807) is 0 Å². The molecule has 0 amide bonds. The molecule has 0 spiro atoms. The second kappa shape index (κ2) is 6.57. The molecule has 0 bridgehead atoms. The second-order valence-corrected chi connectivity index (χ2v) is 4.14. The highest BCUT2D eigenvalue weighted by Gasteiger charge is 2.04. The van der Waals surface area contributed by atoms with Crippen LogP contribution in [-0.2, 0) is 6.42 Å². The van der Waals surface area contributed by atoms with Crippen LogP contribution in [0.2, 0.25) is 0 Å². The Morgan fingerprint density at radius 2 is 2.21 bits per heavy atom. The average molecular weight is 195 g/mol. The maximum Gasteiger partial charge on any atom is 0.0722 e. The average Bonchev–Trinajstić information content (AvgIpc) is 2.65. The van der Waals surface area contributed by atoms with Gasteiger partial charge in [-0.05, 0) is 12.3 Å². The zero-order valence-corrected chi connectivity index (χ0v) is 9.29. The zero-order valence-electron chi connectivity index (χ0n) is 9.29. The Labute approximate surface area is 86.3 Å². The van der Waals surface area contributed by atoms with Crippen LogP contribution in [0.25, 0.3) is 0 Å². The van der Waals surface area contributed by atoms with Gasteiger partial charge in [0.2, 0.25) is 0 Å². The van der Waals surface area contributed by atoms with E-state index in [9.17, 15) is 0 Å². The first-order valence-electron chi connectivity index (χ1n) is 5.67. The summed E-state index contributed by atoms with van der Waals surface area (Å²) in [4.78, 5) is 0. The Morgan fingerprint density at radius 1 is 1.36 bits per heavy atom. The lowest BCUT2D eigenvalue weighted by molar-refractivity contribution is 0.483. The van der Waals surface area contributed by atoms with Crippen LogP contribution in [0.1, 0.15) is 51.6 Å². The predicted molar refractivity (Wildman–Crippen MR) is 58.0 cm³/mol. The van der Waals surface area contributed by atoms with Gasteiger partial charge in [0.1, 0.15) is 0 Å². The van der Waals surface area contributed by atoms with Crippen LogP contribution in [0.4, 0.5) is 0 Å². The van der Waals surface area contributed by atoms with Crippen molar-refractivity contribution in [1.29, 1.82) is 0 Å². The van der Waals surface area contributed by atoms with Crippen molar-refractivity contribution in [1.82, 2.24) is 15.4 Å². The van der Waals surface area contributed by atoms with Crippen LogP contribution < -0.4 is 0 Å². The van der Waals surface area contributed by atoms with Gasteiger partial charge < -0.3 is 0 Å². The summed E-state index contributed by atoms with van der Waals surface area (Å²) >= 11 is 0. The largest absolute Gasteiger partial charge is 0.262 e. The molecule has 3 heteroatoms. The molecule has 1 unspecified atom stereocenters. The van der Waals surface area contributed by atoms with Gasteiger partial charge in [0, 0.05) is 0 Å². The lowest BCUT2D eigenvalue weighted by Crippen LogP contribution is -2.00. The topological polar surface area (TPSA) is 41.6 Å². The van der Waals surface area contributed by atoms with E-state index in [1.807, 2.05) is 6.20 Å². The highest BCUT2D eigenvalue weighted by Crippen LogP contribution is 2.13. The number of H-pyrrole nitrogens is 1. The first kappa shape index (κ1) is 11.2. The summed E-state index contributed by atoms with van der Waals surface area (Å²) in [6.07, 6.45) is 9.65. The molecule has 1 aromatic rings. The highest BCUT2D eigenvalue weighted by molar-refractivity contribution is 4.91. The van der Waals surface area contributed by atoms with Crippen LogP contribution in [0.5, 0.6) is 0 Å². The van der Waals surface area contributed by atoms with Crippen molar-refractivity contribution in [2.24, 2.45) is 5.92 Å². The van der Waals surface area contributed by atoms with Crippen LogP contribution in [0.3, 0.4) is 0 Å². The van der Waals surface area contributed by atoms with Crippen LogP contribution in [0.15, 0.2) is 6.20 Å². The van der Waals surface area contributed by atoms with Gasteiger partial charge in [-0.1, -0.05) is 51.2 Å². The summed E-state index contributed by atoms with van der Waals surface area (Å²) in [5.74, 6) is 0.745. The smallest absolute Gasteiger partial charge is 0.0722 e. The molecule has 1 heterocycles. The lowest BCUT2D eigenvalue weighted by Gasteiger charge is -2.08. The molecular weight excluding hydrogens is 174 g/mol. The van der Waals surface area contributed by atoms with Gasteiger partial charge in [-0.2, -0.15) is 0 Å². The molecule has 0 radical (unpaired) electrons. The van der Waals surface area contributed by atoms with Crippen molar-refractivity contribution in [2.45, 2.75) is 52.4 Å². The SMILES string of the molecule is CCCCCCC(C)Cc1cnn[nH]1. The molecule has 0 saturated heterocycles. The molecule has 1 aromatic heterocycles. The van der Waals surface area contributed by atoms with Crippen LogP contribution in [0, 0.1) is 5.92 Å². The summed E-state index contributed by atoms with van der Waals surface area (Å²) in [5.41, 5.74) is 1.16. The molecule has 0 aliphatic carbocycles. The maximum atomic E-state index is 3.78. The van der Waals surface area contributed by atoms with E-state index in [-0.39, 0.29) is 0 Å². The molecule has 80 valence electrons. The van der Waals surface area contributed by atoms with Crippen molar-refractivity contribution in [2.75, 3.05) is 0 Å². The zero-order chi connectivity index (χ0) is 10.2. The molecule has 1 rings (SSSR count). The normalized spacial score (nSPS) is 13.0. The molecule has 1 N–H and O–H groups in total. The Kier molecular flexibility index (Phi) is 5.27. The van der Waals surface area contributed by atoms with Crippen molar-refractivity contribution >= 4 is 0 Å². The number of aromatic nitrogens is 3. The van der Waals surface area contributed by atoms with E-state index in [4.69, 9.17) is 0 Å². The van der Waals surface area contributed by atoms with Gasteiger partial charge in [-0.3, -0.25) is 5.10 Å². The Morgan fingerprint density at radius 3 is 2.86 bits per heavy atom. The molecule has 0 aromatic carbocycles. The number of rotatable bonds is 7. The molecule has 0 aliphatic rings. The first-order chi connectivity index (χ1) is 6.83. The first-order valence-corrected chi connectivity index (χ1v) is 5.67. The van der Waals surface area contributed by atoms with Crippen molar-refractivity contribution in [3.05, 3.63) is 11.9 Å².